The van der Waals surface area contributed by atoms with Crippen LogP contribution in [0.3, 0.4) is 0 Å². The van der Waals surface area contributed by atoms with Gasteiger partial charge in [-0.25, -0.2) is 14.4 Å². The van der Waals surface area contributed by atoms with E-state index in [0.717, 1.165) is 27.8 Å². The SMILES string of the molecule is COc1cccc(OC)c1OCc1nc2cc(-n3ccnc3)c(-c3ccc(F)cc3)cc2[nH]1. The van der Waals surface area contributed by atoms with E-state index in [0.29, 0.717) is 23.1 Å². The van der Waals surface area contributed by atoms with Crippen molar-refractivity contribution in [3.63, 3.8) is 0 Å². The number of methoxy groups -OCH3 is 2. The van der Waals surface area contributed by atoms with Crippen molar-refractivity contribution in [3.8, 4) is 34.1 Å². The Morgan fingerprint density at radius 1 is 1.00 bits per heavy atom. The highest BCUT2D eigenvalue weighted by atomic mass is 19.1. The van der Waals surface area contributed by atoms with E-state index in [1.165, 1.54) is 12.1 Å². The van der Waals surface area contributed by atoms with Crippen LogP contribution in [-0.4, -0.2) is 33.7 Å². The lowest BCUT2D eigenvalue weighted by Gasteiger charge is -2.13. The maximum absolute atomic E-state index is 13.5. The molecular formula is C25H21FN4O3. The molecule has 0 saturated carbocycles. The van der Waals surface area contributed by atoms with E-state index in [-0.39, 0.29) is 12.4 Å². The molecule has 3 aromatic carbocycles. The highest BCUT2D eigenvalue weighted by molar-refractivity contribution is 5.87. The number of nitrogens with zero attached hydrogens (tertiary/aromatic N) is 3. The predicted octanol–water partition coefficient (Wildman–Crippen LogP) is 5.15. The predicted molar refractivity (Wildman–Crippen MR) is 122 cm³/mol. The Balaban J connectivity index is 1.53. The normalized spacial score (nSPS) is 11.0. The summed E-state index contributed by atoms with van der Waals surface area (Å²) in [5.74, 6) is 2.02. The molecule has 0 unspecified atom stereocenters. The molecule has 0 aliphatic carbocycles. The van der Waals surface area contributed by atoms with Crippen molar-refractivity contribution < 1.29 is 18.6 Å². The van der Waals surface area contributed by atoms with Gasteiger partial charge in [0.25, 0.3) is 0 Å². The molecule has 0 saturated heterocycles. The third-order valence-corrected chi connectivity index (χ3v) is 5.32. The minimum atomic E-state index is -0.281. The zero-order chi connectivity index (χ0) is 22.8. The maximum atomic E-state index is 13.5. The third kappa shape index (κ3) is 3.98. The quantitative estimate of drug-likeness (QED) is 0.376. The van der Waals surface area contributed by atoms with Crippen LogP contribution in [0.25, 0.3) is 27.8 Å². The number of imidazole rings is 2. The number of fused-ring (bicyclic) bond motifs is 1. The van der Waals surface area contributed by atoms with E-state index >= 15 is 0 Å². The minimum Gasteiger partial charge on any atom is -0.493 e. The molecule has 166 valence electrons. The summed E-state index contributed by atoms with van der Waals surface area (Å²) in [5.41, 5.74) is 4.30. The molecule has 2 aromatic heterocycles. The lowest BCUT2D eigenvalue weighted by atomic mass is 10.0. The van der Waals surface area contributed by atoms with Crippen molar-refractivity contribution in [2.75, 3.05) is 14.2 Å². The Labute approximate surface area is 189 Å². The minimum absolute atomic E-state index is 0.192. The van der Waals surface area contributed by atoms with Gasteiger partial charge in [0, 0.05) is 18.0 Å². The van der Waals surface area contributed by atoms with Gasteiger partial charge in [-0.15, -0.1) is 0 Å². The van der Waals surface area contributed by atoms with Crippen molar-refractivity contribution in [1.82, 2.24) is 19.5 Å². The molecule has 0 amide bonds. The molecule has 8 heteroatoms. The smallest absolute Gasteiger partial charge is 0.203 e. The van der Waals surface area contributed by atoms with Crippen molar-refractivity contribution in [3.05, 3.63) is 85.0 Å². The summed E-state index contributed by atoms with van der Waals surface area (Å²) in [6.07, 6.45) is 5.29. The van der Waals surface area contributed by atoms with E-state index in [1.54, 1.807) is 38.9 Å². The molecular weight excluding hydrogens is 423 g/mol. The van der Waals surface area contributed by atoms with Gasteiger partial charge < -0.3 is 23.8 Å². The fraction of sp³-hybridized carbons (Fsp3) is 0.120. The van der Waals surface area contributed by atoms with Crippen LogP contribution in [0.2, 0.25) is 0 Å². The molecule has 0 fully saturated rings. The van der Waals surface area contributed by atoms with Crippen molar-refractivity contribution in [1.29, 1.82) is 0 Å². The Hall–Kier alpha value is -4.33. The number of aromatic amines is 1. The van der Waals surface area contributed by atoms with E-state index in [9.17, 15) is 4.39 Å². The number of rotatable bonds is 7. The summed E-state index contributed by atoms with van der Waals surface area (Å²) < 4.78 is 32.2. The van der Waals surface area contributed by atoms with Gasteiger partial charge in [0.2, 0.25) is 5.75 Å². The van der Waals surface area contributed by atoms with Gasteiger partial charge >= 0.3 is 0 Å². The van der Waals surface area contributed by atoms with E-state index in [1.807, 2.05) is 41.1 Å². The average Bonchev–Trinajstić information content (AvgIpc) is 3.51. The monoisotopic (exact) mass is 444 g/mol. The molecule has 5 aromatic rings. The van der Waals surface area contributed by atoms with Crippen LogP contribution in [0, 0.1) is 5.82 Å². The highest BCUT2D eigenvalue weighted by Crippen LogP contribution is 2.37. The number of hydrogen-bond donors (Lipinski definition) is 1. The third-order valence-electron chi connectivity index (χ3n) is 5.32. The van der Waals surface area contributed by atoms with Crippen LogP contribution in [0.15, 0.2) is 73.3 Å². The molecule has 2 heterocycles. The maximum Gasteiger partial charge on any atom is 0.203 e. The van der Waals surface area contributed by atoms with Gasteiger partial charge in [-0.3, -0.25) is 0 Å². The van der Waals surface area contributed by atoms with E-state index < -0.39 is 0 Å². The number of aromatic nitrogens is 4. The fourth-order valence-electron chi connectivity index (χ4n) is 3.74. The molecule has 0 aliphatic heterocycles. The molecule has 0 spiro atoms. The first-order valence-electron chi connectivity index (χ1n) is 10.3. The Kier molecular flexibility index (Phi) is 5.40. The molecule has 0 aliphatic rings. The zero-order valence-corrected chi connectivity index (χ0v) is 18.1. The van der Waals surface area contributed by atoms with Crippen LogP contribution in [0.1, 0.15) is 5.82 Å². The summed E-state index contributed by atoms with van der Waals surface area (Å²) >= 11 is 0. The molecule has 0 radical (unpaired) electrons. The number of ether oxygens (including phenoxy) is 3. The zero-order valence-electron chi connectivity index (χ0n) is 18.1. The molecule has 0 bridgehead atoms. The average molecular weight is 444 g/mol. The molecule has 0 atom stereocenters. The van der Waals surface area contributed by atoms with Gasteiger partial charge in [-0.2, -0.15) is 0 Å². The second-order valence-electron chi connectivity index (χ2n) is 7.33. The number of nitrogens with one attached hydrogen (secondary N) is 1. The van der Waals surface area contributed by atoms with E-state index in [4.69, 9.17) is 19.2 Å². The number of para-hydroxylation sites is 1. The second kappa shape index (κ2) is 8.66. The van der Waals surface area contributed by atoms with Gasteiger partial charge in [-0.05, 0) is 42.0 Å². The van der Waals surface area contributed by atoms with Crippen LogP contribution < -0.4 is 14.2 Å². The number of halogens is 1. The van der Waals surface area contributed by atoms with Gasteiger partial charge in [0.15, 0.2) is 11.5 Å². The van der Waals surface area contributed by atoms with Crippen molar-refractivity contribution >= 4 is 11.0 Å². The van der Waals surface area contributed by atoms with Gasteiger partial charge in [-0.1, -0.05) is 18.2 Å². The summed E-state index contributed by atoms with van der Waals surface area (Å²) in [5, 5.41) is 0. The fourth-order valence-corrected chi connectivity index (χ4v) is 3.74. The number of hydrogen-bond acceptors (Lipinski definition) is 5. The topological polar surface area (TPSA) is 74.2 Å². The Bertz CT molecular complexity index is 1370. The van der Waals surface area contributed by atoms with Crippen LogP contribution >= 0.6 is 0 Å². The van der Waals surface area contributed by atoms with Gasteiger partial charge in [0.05, 0.1) is 37.3 Å². The van der Waals surface area contributed by atoms with Gasteiger partial charge in [0.1, 0.15) is 18.2 Å². The highest BCUT2D eigenvalue weighted by Gasteiger charge is 2.15. The summed E-state index contributed by atoms with van der Waals surface area (Å²) in [6, 6.07) is 15.8. The van der Waals surface area contributed by atoms with Crippen molar-refractivity contribution in [2.24, 2.45) is 0 Å². The largest absolute Gasteiger partial charge is 0.493 e. The van der Waals surface area contributed by atoms with Crippen molar-refractivity contribution in [2.45, 2.75) is 6.61 Å². The van der Waals surface area contributed by atoms with Crippen LogP contribution in [0.4, 0.5) is 4.39 Å². The first-order chi connectivity index (χ1) is 16.2. The molecule has 1 N–H and O–H groups in total. The standard InChI is InChI=1S/C25H21FN4O3/c1-31-22-4-3-5-23(32-2)25(22)33-14-24-28-19-12-18(16-6-8-17(26)9-7-16)21(13-20(19)29-24)30-11-10-27-15-30/h3-13,15H,14H2,1-2H3,(H,28,29). The molecule has 5 rings (SSSR count). The first kappa shape index (κ1) is 20.6. The lowest BCUT2D eigenvalue weighted by molar-refractivity contribution is 0.260. The Morgan fingerprint density at radius 2 is 1.76 bits per heavy atom. The Morgan fingerprint density at radius 3 is 2.42 bits per heavy atom. The summed E-state index contributed by atoms with van der Waals surface area (Å²) in [6.45, 7) is 0.192. The summed E-state index contributed by atoms with van der Waals surface area (Å²) in [4.78, 5) is 12.2. The first-order valence-corrected chi connectivity index (χ1v) is 10.3. The summed E-state index contributed by atoms with van der Waals surface area (Å²) in [7, 11) is 3.16. The second-order valence-corrected chi connectivity index (χ2v) is 7.33. The molecule has 33 heavy (non-hydrogen) atoms. The number of H-pyrrole nitrogens is 1. The lowest BCUT2D eigenvalue weighted by Crippen LogP contribution is -2.01. The number of benzene rings is 3. The molecule has 7 nitrogen and oxygen atoms in total. The van der Waals surface area contributed by atoms with E-state index in [2.05, 4.69) is 9.97 Å². The van der Waals surface area contributed by atoms with Crippen LogP contribution in [0.5, 0.6) is 17.2 Å². The van der Waals surface area contributed by atoms with Crippen LogP contribution in [-0.2, 0) is 6.61 Å².